The Bertz CT molecular complexity index is 680. The van der Waals surface area contributed by atoms with E-state index in [4.69, 9.17) is 0 Å². The van der Waals surface area contributed by atoms with Gasteiger partial charge in [-0.05, 0) is 42.5 Å². The molecule has 114 valence electrons. The van der Waals surface area contributed by atoms with Gasteiger partial charge in [0.05, 0.1) is 0 Å². The van der Waals surface area contributed by atoms with E-state index in [1.807, 2.05) is 12.1 Å². The molecule has 0 radical (unpaired) electrons. The molecule has 0 bridgehead atoms. The summed E-state index contributed by atoms with van der Waals surface area (Å²) in [4.78, 5) is 23.0. The highest BCUT2D eigenvalue weighted by molar-refractivity contribution is 6.02. The van der Waals surface area contributed by atoms with Crippen LogP contribution in [0.5, 0.6) is 0 Å². The number of aromatic nitrogens is 2. The van der Waals surface area contributed by atoms with Crippen molar-refractivity contribution in [3.63, 3.8) is 0 Å². The van der Waals surface area contributed by atoms with Gasteiger partial charge in [0.25, 0.3) is 11.5 Å². The van der Waals surface area contributed by atoms with Crippen LogP contribution in [0.15, 0.2) is 41.2 Å². The fourth-order valence-corrected chi connectivity index (χ4v) is 2.94. The second kappa shape index (κ2) is 6.56. The lowest BCUT2D eigenvalue weighted by atomic mass is 9.84. The molecule has 1 aromatic heterocycles. The fourth-order valence-electron chi connectivity index (χ4n) is 2.94. The van der Waals surface area contributed by atoms with E-state index in [9.17, 15) is 9.59 Å². The summed E-state index contributed by atoms with van der Waals surface area (Å²) in [6.45, 7) is 0. The van der Waals surface area contributed by atoms with Gasteiger partial charge in [0, 0.05) is 11.8 Å². The molecular weight excluding hydrogens is 278 g/mol. The molecule has 2 N–H and O–H groups in total. The van der Waals surface area contributed by atoms with Crippen LogP contribution in [0.1, 0.15) is 54.1 Å². The molecule has 22 heavy (non-hydrogen) atoms. The lowest BCUT2D eigenvalue weighted by Crippen LogP contribution is -2.17. The number of carbonyl (C=O) groups excluding carboxylic acids is 1. The Balaban J connectivity index is 1.66. The maximum Gasteiger partial charge on any atom is 0.276 e. The monoisotopic (exact) mass is 297 g/mol. The summed E-state index contributed by atoms with van der Waals surface area (Å²) in [5.74, 6) is 0.320. The average molecular weight is 297 g/mol. The van der Waals surface area contributed by atoms with Crippen molar-refractivity contribution in [3.05, 3.63) is 58.0 Å². The van der Waals surface area contributed by atoms with E-state index in [0.717, 1.165) is 5.69 Å². The van der Waals surface area contributed by atoms with Crippen molar-refractivity contribution in [2.45, 2.75) is 38.0 Å². The van der Waals surface area contributed by atoms with Crippen LogP contribution in [0, 0.1) is 0 Å². The zero-order valence-electron chi connectivity index (χ0n) is 12.3. The summed E-state index contributed by atoms with van der Waals surface area (Å²) < 4.78 is 0. The summed E-state index contributed by atoms with van der Waals surface area (Å²) in [6, 6.07) is 10.7. The highest BCUT2D eigenvalue weighted by atomic mass is 16.2. The van der Waals surface area contributed by atoms with Crippen molar-refractivity contribution < 1.29 is 4.79 Å². The highest BCUT2D eigenvalue weighted by Gasteiger charge is 2.15. The molecule has 0 atom stereocenters. The smallest absolute Gasteiger partial charge is 0.276 e. The largest absolute Gasteiger partial charge is 0.321 e. The number of anilines is 1. The standard InChI is InChI=1S/C17H19N3O2/c21-16-11-10-15(19-20-16)17(22)18-14-8-6-13(7-9-14)12-4-2-1-3-5-12/h6-12H,1-5H2,(H,18,22)(H,20,21). The minimum atomic E-state index is -0.332. The number of carbonyl (C=O) groups is 1. The first-order chi connectivity index (χ1) is 10.7. The number of nitrogens with zero attached hydrogens (tertiary/aromatic N) is 1. The van der Waals surface area contributed by atoms with Gasteiger partial charge in [-0.2, -0.15) is 5.10 Å². The van der Waals surface area contributed by atoms with E-state index in [0.29, 0.717) is 5.92 Å². The zero-order chi connectivity index (χ0) is 15.4. The molecule has 5 nitrogen and oxygen atoms in total. The molecule has 1 amide bonds. The SMILES string of the molecule is O=C(Nc1ccc(C2CCCCC2)cc1)c1ccc(=O)[nH]n1. The van der Waals surface area contributed by atoms with E-state index in [1.165, 1.54) is 49.8 Å². The van der Waals surface area contributed by atoms with Crippen molar-refractivity contribution in [2.75, 3.05) is 5.32 Å². The van der Waals surface area contributed by atoms with Gasteiger partial charge < -0.3 is 5.32 Å². The predicted octanol–water partition coefficient (Wildman–Crippen LogP) is 3.07. The van der Waals surface area contributed by atoms with E-state index < -0.39 is 0 Å². The lowest BCUT2D eigenvalue weighted by Gasteiger charge is -2.22. The molecule has 1 aliphatic carbocycles. The third kappa shape index (κ3) is 3.42. The first-order valence-corrected chi connectivity index (χ1v) is 7.69. The van der Waals surface area contributed by atoms with Crippen molar-refractivity contribution in [3.8, 4) is 0 Å². The molecule has 0 saturated heterocycles. The number of H-pyrrole nitrogens is 1. The second-order valence-corrected chi connectivity index (χ2v) is 5.72. The van der Waals surface area contributed by atoms with Gasteiger partial charge in [-0.25, -0.2) is 5.10 Å². The predicted molar refractivity (Wildman–Crippen MR) is 85.1 cm³/mol. The topological polar surface area (TPSA) is 74.8 Å². The van der Waals surface area contributed by atoms with E-state index in [2.05, 4.69) is 27.6 Å². The van der Waals surface area contributed by atoms with Crippen LogP contribution in [0.4, 0.5) is 5.69 Å². The Morgan fingerprint density at radius 2 is 1.77 bits per heavy atom. The maximum atomic E-state index is 12.0. The molecule has 1 saturated carbocycles. The van der Waals surface area contributed by atoms with Crippen molar-refractivity contribution >= 4 is 11.6 Å². The van der Waals surface area contributed by atoms with Crippen molar-refractivity contribution in [1.82, 2.24) is 10.2 Å². The van der Waals surface area contributed by atoms with Gasteiger partial charge in [0.2, 0.25) is 0 Å². The molecule has 2 aromatic rings. The maximum absolute atomic E-state index is 12.0. The Morgan fingerprint density at radius 3 is 2.41 bits per heavy atom. The van der Waals surface area contributed by atoms with Gasteiger partial charge in [-0.1, -0.05) is 31.4 Å². The molecule has 0 spiro atoms. The molecule has 3 rings (SSSR count). The van der Waals surface area contributed by atoms with E-state index in [-0.39, 0.29) is 17.2 Å². The Kier molecular flexibility index (Phi) is 4.32. The Hall–Kier alpha value is -2.43. The summed E-state index contributed by atoms with van der Waals surface area (Å²) in [5, 5.41) is 8.75. The van der Waals surface area contributed by atoms with Crippen molar-refractivity contribution in [2.24, 2.45) is 0 Å². The highest BCUT2D eigenvalue weighted by Crippen LogP contribution is 2.32. The Morgan fingerprint density at radius 1 is 1.05 bits per heavy atom. The molecule has 0 unspecified atom stereocenters. The van der Waals surface area contributed by atoms with Gasteiger partial charge in [0.15, 0.2) is 0 Å². The minimum absolute atomic E-state index is 0.191. The number of benzene rings is 1. The lowest BCUT2D eigenvalue weighted by molar-refractivity contribution is 0.102. The molecule has 1 aliphatic rings. The van der Waals surface area contributed by atoms with Crippen LogP contribution in [0.3, 0.4) is 0 Å². The van der Waals surface area contributed by atoms with Crippen LogP contribution >= 0.6 is 0 Å². The van der Waals surface area contributed by atoms with Crippen LogP contribution in [0.25, 0.3) is 0 Å². The Labute approximate surface area is 128 Å². The van der Waals surface area contributed by atoms with Crippen LogP contribution in [0.2, 0.25) is 0 Å². The van der Waals surface area contributed by atoms with E-state index in [1.54, 1.807) is 0 Å². The normalized spacial score (nSPS) is 15.5. The molecule has 0 aliphatic heterocycles. The van der Waals surface area contributed by atoms with Gasteiger partial charge in [0.1, 0.15) is 5.69 Å². The number of hydrogen-bond acceptors (Lipinski definition) is 3. The number of nitrogens with one attached hydrogen (secondary N) is 2. The number of amides is 1. The summed E-state index contributed by atoms with van der Waals surface area (Å²) >= 11 is 0. The molecule has 1 heterocycles. The molecule has 1 fully saturated rings. The third-order valence-corrected chi connectivity index (χ3v) is 4.16. The third-order valence-electron chi connectivity index (χ3n) is 4.16. The van der Waals surface area contributed by atoms with Crippen LogP contribution < -0.4 is 10.9 Å². The van der Waals surface area contributed by atoms with Crippen LogP contribution in [-0.2, 0) is 0 Å². The van der Waals surface area contributed by atoms with Gasteiger partial charge >= 0.3 is 0 Å². The average Bonchev–Trinajstić information content (AvgIpc) is 2.57. The number of rotatable bonds is 3. The quantitative estimate of drug-likeness (QED) is 0.914. The fraction of sp³-hybridized carbons (Fsp3) is 0.353. The first kappa shape index (κ1) is 14.5. The first-order valence-electron chi connectivity index (χ1n) is 7.69. The van der Waals surface area contributed by atoms with Crippen LogP contribution in [-0.4, -0.2) is 16.1 Å². The molecule has 1 aromatic carbocycles. The summed E-state index contributed by atoms with van der Waals surface area (Å²) in [7, 11) is 0. The van der Waals surface area contributed by atoms with Gasteiger partial charge in [-0.15, -0.1) is 0 Å². The second-order valence-electron chi connectivity index (χ2n) is 5.72. The zero-order valence-corrected chi connectivity index (χ0v) is 12.3. The minimum Gasteiger partial charge on any atom is -0.321 e. The number of aromatic amines is 1. The van der Waals surface area contributed by atoms with Gasteiger partial charge in [-0.3, -0.25) is 9.59 Å². The van der Waals surface area contributed by atoms with E-state index >= 15 is 0 Å². The summed E-state index contributed by atoms with van der Waals surface area (Å²) in [6.07, 6.45) is 6.47. The molecular formula is C17H19N3O2. The molecule has 5 heteroatoms. The summed E-state index contributed by atoms with van der Waals surface area (Å²) in [5.41, 5.74) is 1.95. The number of hydrogen-bond donors (Lipinski definition) is 2. The van der Waals surface area contributed by atoms with Crippen molar-refractivity contribution in [1.29, 1.82) is 0 Å².